The highest BCUT2D eigenvalue weighted by Crippen LogP contribution is 2.33. The van der Waals surface area contributed by atoms with Gasteiger partial charge in [0.2, 0.25) is 17.8 Å². The third-order valence-electron chi connectivity index (χ3n) is 11.2. The van der Waals surface area contributed by atoms with Gasteiger partial charge < -0.3 is 24.4 Å². The minimum Gasteiger partial charge on any atom is -0.480 e. The molecule has 16 nitrogen and oxygen atoms in total. The lowest BCUT2D eigenvalue weighted by atomic mass is 9.95. The smallest absolute Gasteiger partial charge is 0.293 e. The van der Waals surface area contributed by atoms with Crippen molar-refractivity contribution in [3.05, 3.63) is 75.2 Å². The average Bonchev–Trinajstić information content (AvgIpc) is 3.45. The molecule has 4 amide bonds. The molecule has 17 heteroatoms. The largest absolute Gasteiger partial charge is 0.480 e. The number of ether oxygens (including phenoxy) is 1. The van der Waals surface area contributed by atoms with Crippen molar-refractivity contribution in [2.45, 2.75) is 38.6 Å². The highest BCUT2D eigenvalue weighted by atomic mass is 35.5. The summed E-state index contributed by atoms with van der Waals surface area (Å²) in [6.07, 6.45) is 3.77. The molecule has 296 valence electrons. The Hall–Kier alpha value is -5.87. The van der Waals surface area contributed by atoms with Gasteiger partial charge in [-0.15, -0.1) is 0 Å². The van der Waals surface area contributed by atoms with Crippen LogP contribution in [0.5, 0.6) is 5.75 Å². The predicted molar refractivity (Wildman–Crippen MR) is 212 cm³/mol. The molecule has 1 unspecified atom stereocenters. The van der Waals surface area contributed by atoms with Gasteiger partial charge in [0.1, 0.15) is 17.7 Å². The number of ketones is 1. The van der Waals surface area contributed by atoms with Crippen LogP contribution < -0.4 is 30.7 Å². The fraction of sp³-hybridized carbons (Fsp3) is 0.400. The molecule has 2 N–H and O–H groups in total. The minimum absolute atomic E-state index is 0.0832. The molecule has 0 saturated carbocycles. The summed E-state index contributed by atoms with van der Waals surface area (Å²) >= 11 is 6.54. The van der Waals surface area contributed by atoms with Crippen LogP contribution in [-0.2, 0) is 21.4 Å². The van der Waals surface area contributed by atoms with Gasteiger partial charge in [0.05, 0.1) is 22.8 Å². The monoisotopic (exact) mass is 795 g/mol. The van der Waals surface area contributed by atoms with E-state index in [1.807, 2.05) is 24.3 Å². The van der Waals surface area contributed by atoms with Gasteiger partial charge in [-0.1, -0.05) is 11.6 Å². The SMILES string of the molecule is CC(=O)COc1cc2cc(Nc3nc(N4CCN(CC5CCN(c6ccc7c(c6)C(=O)N(C6CCC(=O)NC6=O)C7=O)CC5)CC4)ncc3Cl)ccc2n(C)c1=O. The number of rotatable bonds is 10. The van der Waals surface area contributed by atoms with E-state index in [4.69, 9.17) is 21.3 Å². The van der Waals surface area contributed by atoms with Crippen molar-refractivity contribution in [3.8, 4) is 5.75 Å². The van der Waals surface area contributed by atoms with E-state index in [2.05, 4.69) is 30.3 Å². The molecule has 4 aliphatic rings. The number of nitrogens with one attached hydrogen (secondary N) is 2. The molecule has 1 atom stereocenters. The van der Waals surface area contributed by atoms with Crippen LogP contribution >= 0.6 is 11.6 Å². The van der Waals surface area contributed by atoms with Gasteiger partial charge in [-0.2, -0.15) is 4.98 Å². The zero-order chi connectivity index (χ0) is 40.0. The van der Waals surface area contributed by atoms with Crippen LogP contribution in [0, 0.1) is 5.92 Å². The predicted octanol–water partition coefficient (Wildman–Crippen LogP) is 3.13. The maximum atomic E-state index is 13.3. The number of hydrogen-bond donors (Lipinski definition) is 2. The van der Waals surface area contributed by atoms with Gasteiger partial charge in [0.25, 0.3) is 17.4 Å². The number of hydrogen-bond acceptors (Lipinski definition) is 13. The number of benzene rings is 2. The van der Waals surface area contributed by atoms with E-state index in [9.17, 15) is 28.8 Å². The number of nitrogens with zero attached hydrogens (tertiary/aromatic N) is 7. The van der Waals surface area contributed by atoms with Crippen molar-refractivity contribution in [3.63, 3.8) is 0 Å². The van der Waals surface area contributed by atoms with E-state index in [1.54, 1.807) is 31.4 Å². The third kappa shape index (κ3) is 7.66. The molecule has 6 heterocycles. The van der Waals surface area contributed by atoms with Crippen LogP contribution in [0.25, 0.3) is 10.9 Å². The van der Waals surface area contributed by atoms with Crippen molar-refractivity contribution < 1.29 is 28.7 Å². The normalized spacial score (nSPS) is 19.3. The summed E-state index contributed by atoms with van der Waals surface area (Å²) in [5.74, 6) is -0.549. The van der Waals surface area contributed by atoms with Crippen LogP contribution in [-0.4, -0.2) is 112 Å². The molecule has 2 aromatic carbocycles. The molecule has 0 bridgehead atoms. The third-order valence-corrected chi connectivity index (χ3v) is 11.5. The summed E-state index contributed by atoms with van der Waals surface area (Å²) in [4.78, 5) is 91.9. The van der Waals surface area contributed by atoms with E-state index in [1.165, 1.54) is 11.5 Å². The molecule has 4 aliphatic heterocycles. The van der Waals surface area contributed by atoms with Gasteiger partial charge in [-0.25, -0.2) is 4.98 Å². The maximum absolute atomic E-state index is 13.3. The fourth-order valence-electron chi connectivity index (χ4n) is 8.07. The summed E-state index contributed by atoms with van der Waals surface area (Å²) in [6, 6.07) is 11.5. The molecule has 57 heavy (non-hydrogen) atoms. The van der Waals surface area contributed by atoms with E-state index in [-0.39, 0.29) is 42.1 Å². The number of aromatic nitrogens is 3. The first kappa shape index (κ1) is 38.0. The first-order valence-corrected chi connectivity index (χ1v) is 19.4. The van der Waals surface area contributed by atoms with Crippen molar-refractivity contribution in [2.24, 2.45) is 13.0 Å². The molecule has 2 aromatic heterocycles. The molecular formula is C40H42ClN9O7. The fourth-order valence-corrected chi connectivity index (χ4v) is 8.21. The second-order valence-corrected chi connectivity index (χ2v) is 15.4. The molecule has 0 spiro atoms. The van der Waals surface area contributed by atoms with Crippen LogP contribution in [0.4, 0.5) is 23.1 Å². The topological polar surface area (TPSA) is 179 Å². The summed E-state index contributed by atoms with van der Waals surface area (Å²) < 4.78 is 6.95. The van der Waals surface area contributed by atoms with Crippen molar-refractivity contribution in [2.75, 3.05) is 67.5 Å². The molecule has 8 rings (SSSR count). The Labute approximate surface area is 332 Å². The lowest BCUT2D eigenvalue weighted by Crippen LogP contribution is -2.54. The Balaban J connectivity index is 0.843. The number of halogens is 1. The second-order valence-electron chi connectivity index (χ2n) is 15.0. The number of piperazine rings is 1. The number of aryl methyl sites for hydroxylation is 1. The Bertz CT molecular complexity index is 2370. The van der Waals surface area contributed by atoms with Crippen LogP contribution in [0.1, 0.15) is 53.3 Å². The number of carbonyl (C=O) groups is 5. The van der Waals surface area contributed by atoms with Crippen LogP contribution in [0.15, 0.2) is 53.5 Å². The molecule has 0 aliphatic carbocycles. The zero-order valence-electron chi connectivity index (χ0n) is 31.6. The second kappa shape index (κ2) is 15.6. The molecule has 4 aromatic rings. The van der Waals surface area contributed by atoms with Gasteiger partial charge in [0, 0.05) is 76.0 Å². The maximum Gasteiger partial charge on any atom is 0.293 e. The first-order valence-electron chi connectivity index (χ1n) is 19.1. The van der Waals surface area contributed by atoms with Crippen LogP contribution in [0.3, 0.4) is 0 Å². The summed E-state index contributed by atoms with van der Waals surface area (Å²) in [6.45, 7) is 7.06. The molecule has 3 fully saturated rings. The van der Waals surface area contributed by atoms with Crippen molar-refractivity contribution in [1.29, 1.82) is 0 Å². The summed E-state index contributed by atoms with van der Waals surface area (Å²) in [5.41, 5.74) is 2.54. The number of fused-ring (bicyclic) bond motifs is 2. The molecular weight excluding hydrogens is 754 g/mol. The number of amides is 4. The number of piperidine rings is 2. The van der Waals surface area contributed by atoms with Gasteiger partial charge in [-0.05, 0) is 74.6 Å². The zero-order valence-corrected chi connectivity index (χ0v) is 32.4. The van der Waals surface area contributed by atoms with Crippen molar-refractivity contribution >= 4 is 75.1 Å². The number of pyridine rings is 1. The van der Waals surface area contributed by atoms with E-state index in [0.29, 0.717) is 39.5 Å². The van der Waals surface area contributed by atoms with E-state index < -0.39 is 29.7 Å². The van der Waals surface area contributed by atoms with E-state index in [0.717, 1.165) is 74.6 Å². The lowest BCUT2D eigenvalue weighted by Gasteiger charge is -2.39. The van der Waals surface area contributed by atoms with Crippen LogP contribution in [0.2, 0.25) is 5.02 Å². The number of anilines is 4. The quantitative estimate of drug-likeness (QED) is 0.224. The Morgan fingerprint density at radius 2 is 1.67 bits per heavy atom. The van der Waals surface area contributed by atoms with Crippen molar-refractivity contribution in [1.82, 2.24) is 29.7 Å². The Morgan fingerprint density at radius 3 is 2.40 bits per heavy atom. The molecule has 0 radical (unpaired) electrons. The number of carbonyl (C=O) groups excluding carboxylic acids is 5. The van der Waals surface area contributed by atoms with Gasteiger partial charge in [0.15, 0.2) is 17.4 Å². The average molecular weight is 796 g/mol. The summed E-state index contributed by atoms with van der Waals surface area (Å²) in [7, 11) is 1.66. The minimum atomic E-state index is -0.983. The Morgan fingerprint density at radius 1 is 0.912 bits per heavy atom. The highest BCUT2D eigenvalue weighted by Gasteiger charge is 2.45. The number of imide groups is 2. The van der Waals surface area contributed by atoms with Gasteiger partial charge in [-0.3, -0.25) is 43.9 Å². The first-order chi connectivity index (χ1) is 27.4. The van der Waals surface area contributed by atoms with Gasteiger partial charge >= 0.3 is 0 Å². The number of Topliss-reactive ketones (excluding diaryl/α,β-unsaturated/α-hetero) is 1. The highest BCUT2D eigenvalue weighted by molar-refractivity contribution is 6.33. The Kier molecular flexibility index (Phi) is 10.4. The summed E-state index contributed by atoms with van der Waals surface area (Å²) in [5, 5.41) is 6.64. The standard InChI is InChI=1S/C40H42ClN9O7/c1-23(51)22-57-33-18-25-17-26(3-6-31(25)46(2)39(33)56)43-35-30(41)20-42-40(45-35)49-15-13-47(14-16-49)21-24-9-11-48(12-10-24)27-4-5-28-29(19-27)38(55)50(37(28)54)32-7-8-34(52)44-36(32)53/h3-6,17-20,24,32H,7-16,21-22H2,1-2H3,(H,42,43,45)(H,44,52,53). The molecule has 3 saturated heterocycles. The lowest BCUT2D eigenvalue weighted by molar-refractivity contribution is -0.136. The van der Waals surface area contributed by atoms with E-state index >= 15 is 0 Å².